The summed E-state index contributed by atoms with van der Waals surface area (Å²) in [5.41, 5.74) is 2.33. The number of thiophene rings is 1. The smallest absolute Gasteiger partial charge is 0.305 e. The lowest BCUT2D eigenvalue weighted by atomic mass is 9.80. The van der Waals surface area contributed by atoms with Crippen LogP contribution in [0.4, 0.5) is 0 Å². The number of rotatable bonds is 11. The zero-order chi connectivity index (χ0) is 23.8. The molecule has 3 heterocycles. The number of methoxy groups -OCH3 is 2. The fourth-order valence-corrected chi connectivity index (χ4v) is 6.83. The van der Waals surface area contributed by atoms with Gasteiger partial charge in [0, 0.05) is 36.8 Å². The van der Waals surface area contributed by atoms with Crippen molar-refractivity contribution < 1.29 is 14.3 Å². The molecule has 0 aliphatic carbocycles. The molecule has 7 heteroatoms. The monoisotopic (exact) mass is 498 g/mol. The molecule has 0 amide bonds. The van der Waals surface area contributed by atoms with Crippen LogP contribution in [-0.4, -0.2) is 55.5 Å². The number of aromatic nitrogens is 1. The van der Waals surface area contributed by atoms with Crippen LogP contribution in [0.3, 0.4) is 0 Å². The fraction of sp³-hybridized carbons (Fsp3) is 0.481. The number of benzene rings is 1. The molecule has 3 aromatic rings. The number of carbonyl (C=O) groups is 1. The van der Waals surface area contributed by atoms with Crippen molar-refractivity contribution in [1.29, 1.82) is 0 Å². The van der Waals surface area contributed by atoms with E-state index in [0.717, 1.165) is 62.3 Å². The molecule has 0 spiro atoms. The predicted octanol–water partition coefficient (Wildman–Crippen LogP) is 5.92. The standard InChI is InChI=1S/C27H34N2O3S2/c1-31-23-8-9-25-24(18-23)21(10-12-28-25)6-3-5-20-11-13-29(19-22(20)17-26(30)32-2)14-16-34-27-7-4-15-33-27/h4,7-10,12,15,18,20,22H,3,5-6,11,13-14,16-17,19H2,1-2H3/t20-,22+/m1/s1. The van der Waals surface area contributed by atoms with E-state index < -0.39 is 0 Å². The Kier molecular flexibility index (Phi) is 9.25. The molecule has 4 rings (SSSR count). The van der Waals surface area contributed by atoms with E-state index in [1.54, 1.807) is 18.4 Å². The first-order valence-corrected chi connectivity index (χ1v) is 13.9. The summed E-state index contributed by atoms with van der Waals surface area (Å²) in [7, 11) is 3.20. The van der Waals surface area contributed by atoms with E-state index in [1.165, 1.54) is 22.3 Å². The largest absolute Gasteiger partial charge is 0.497 e. The van der Waals surface area contributed by atoms with Gasteiger partial charge in [0.2, 0.25) is 0 Å². The van der Waals surface area contributed by atoms with Gasteiger partial charge in [0.1, 0.15) is 5.75 Å². The number of esters is 1. The number of nitrogens with zero attached hydrogens (tertiary/aromatic N) is 2. The number of thioether (sulfide) groups is 1. The van der Waals surface area contributed by atoms with Gasteiger partial charge in [-0.2, -0.15) is 0 Å². The average Bonchev–Trinajstić information content (AvgIpc) is 3.38. The van der Waals surface area contributed by atoms with Crippen LogP contribution in [0.25, 0.3) is 10.9 Å². The highest BCUT2D eigenvalue weighted by Crippen LogP contribution is 2.32. The van der Waals surface area contributed by atoms with Crippen molar-refractivity contribution in [3.05, 3.63) is 53.5 Å². The summed E-state index contributed by atoms with van der Waals surface area (Å²) in [6, 6.07) is 12.5. The number of fused-ring (bicyclic) bond motifs is 1. The second-order valence-electron chi connectivity index (χ2n) is 8.92. The van der Waals surface area contributed by atoms with Crippen LogP contribution in [0.15, 0.2) is 52.2 Å². The van der Waals surface area contributed by atoms with E-state index in [1.807, 2.05) is 30.1 Å². The highest BCUT2D eigenvalue weighted by molar-refractivity contribution is 8.01. The summed E-state index contributed by atoms with van der Waals surface area (Å²) < 4.78 is 11.8. The topological polar surface area (TPSA) is 51.7 Å². The van der Waals surface area contributed by atoms with Crippen LogP contribution in [-0.2, 0) is 16.0 Å². The Morgan fingerprint density at radius 1 is 1.24 bits per heavy atom. The molecule has 2 aromatic heterocycles. The van der Waals surface area contributed by atoms with Crippen LogP contribution in [0, 0.1) is 11.8 Å². The number of likely N-dealkylation sites (tertiary alicyclic amines) is 1. The maximum atomic E-state index is 12.1. The zero-order valence-corrected chi connectivity index (χ0v) is 21.7. The van der Waals surface area contributed by atoms with Crippen molar-refractivity contribution in [3.63, 3.8) is 0 Å². The molecule has 5 nitrogen and oxygen atoms in total. The van der Waals surface area contributed by atoms with Crippen molar-refractivity contribution >= 4 is 40.0 Å². The van der Waals surface area contributed by atoms with Crippen molar-refractivity contribution in [2.75, 3.05) is 39.6 Å². The van der Waals surface area contributed by atoms with Crippen molar-refractivity contribution in [2.45, 2.75) is 36.3 Å². The van der Waals surface area contributed by atoms with Gasteiger partial charge in [-0.1, -0.05) is 6.07 Å². The van der Waals surface area contributed by atoms with Gasteiger partial charge in [0.25, 0.3) is 0 Å². The minimum absolute atomic E-state index is 0.0861. The first-order valence-electron chi connectivity index (χ1n) is 12.0. The number of hydrogen-bond donors (Lipinski definition) is 0. The number of pyridine rings is 1. The van der Waals surface area contributed by atoms with Gasteiger partial charge >= 0.3 is 5.97 Å². The Morgan fingerprint density at radius 2 is 2.15 bits per heavy atom. The average molecular weight is 499 g/mol. The highest BCUT2D eigenvalue weighted by Gasteiger charge is 2.30. The summed E-state index contributed by atoms with van der Waals surface area (Å²) in [6.07, 6.45) is 6.81. The van der Waals surface area contributed by atoms with Crippen LogP contribution in [0.2, 0.25) is 0 Å². The Labute approximate surface area is 210 Å². The van der Waals surface area contributed by atoms with Crippen LogP contribution >= 0.6 is 23.1 Å². The van der Waals surface area contributed by atoms with Gasteiger partial charge in [-0.15, -0.1) is 23.1 Å². The van der Waals surface area contributed by atoms with E-state index in [-0.39, 0.29) is 5.97 Å². The molecule has 0 radical (unpaired) electrons. The molecule has 0 saturated carbocycles. The Balaban J connectivity index is 1.33. The number of hydrogen-bond acceptors (Lipinski definition) is 7. The summed E-state index contributed by atoms with van der Waals surface area (Å²) in [5, 5.41) is 3.30. The highest BCUT2D eigenvalue weighted by atomic mass is 32.2. The van der Waals surface area contributed by atoms with Crippen molar-refractivity contribution in [2.24, 2.45) is 11.8 Å². The first-order chi connectivity index (χ1) is 16.7. The van der Waals surface area contributed by atoms with Crippen LogP contribution in [0.1, 0.15) is 31.2 Å². The summed E-state index contributed by atoms with van der Waals surface area (Å²) >= 11 is 3.73. The van der Waals surface area contributed by atoms with Gasteiger partial charge in [-0.25, -0.2) is 0 Å². The minimum atomic E-state index is -0.0861. The molecular formula is C27H34N2O3S2. The molecule has 1 aliphatic heterocycles. The zero-order valence-electron chi connectivity index (χ0n) is 20.1. The van der Waals surface area contributed by atoms with Gasteiger partial charge in [-0.05, 0) is 85.3 Å². The van der Waals surface area contributed by atoms with Gasteiger partial charge in [0.15, 0.2) is 0 Å². The third kappa shape index (κ3) is 6.74. The van der Waals surface area contributed by atoms with Gasteiger partial charge in [-0.3, -0.25) is 9.78 Å². The molecular weight excluding hydrogens is 464 g/mol. The summed E-state index contributed by atoms with van der Waals surface area (Å²) in [6.45, 7) is 3.17. The van der Waals surface area contributed by atoms with E-state index in [2.05, 4.69) is 39.5 Å². The van der Waals surface area contributed by atoms with E-state index in [4.69, 9.17) is 9.47 Å². The molecule has 0 bridgehead atoms. The second kappa shape index (κ2) is 12.6. The maximum Gasteiger partial charge on any atom is 0.305 e. The fourth-order valence-electron chi connectivity index (χ4n) is 4.97. The molecule has 34 heavy (non-hydrogen) atoms. The normalized spacial score (nSPS) is 18.8. The lowest BCUT2D eigenvalue weighted by Crippen LogP contribution is -2.42. The molecule has 1 aliphatic rings. The minimum Gasteiger partial charge on any atom is -0.497 e. The molecule has 1 aromatic carbocycles. The number of piperidine rings is 1. The van der Waals surface area contributed by atoms with E-state index >= 15 is 0 Å². The van der Waals surface area contributed by atoms with E-state index in [0.29, 0.717) is 18.3 Å². The number of ether oxygens (including phenoxy) is 2. The summed E-state index contributed by atoms with van der Waals surface area (Å²) in [5.74, 6) is 2.79. The Hall–Kier alpha value is -2.09. The Bertz CT molecular complexity index is 1060. The number of carbonyl (C=O) groups excluding carboxylic acids is 1. The third-order valence-corrected chi connectivity index (χ3v) is 8.95. The lowest BCUT2D eigenvalue weighted by Gasteiger charge is -2.38. The molecule has 0 N–H and O–H groups in total. The van der Waals surface area contributed by atoms with Crippen LogP contribution < -0.4 is 4.74 Å². The number of aryl methyl sites for hydroxylation is 1. The van der Waals surface area contributed by atoms with Crippen molar-refractivity contribution in [3.8, 4) is 5.75 Å². The maximum absolute atomic E-state index is 12.1. The quantitative estimate of drug-likeness (QED) is 0.242. The molecule has 0 unspecified atom stereocenters. The van der Waals surface area contributed by atoms with Crippen LogP contribution in [0.5, 0.6) is 5.75 Å². The van der Waals surface area contributed by atoms with Crippen molar-refractivity contribution in [1.82, 2.24) is 9.88 Å². The molecule has 2 atom stereocenters. The molecule has 1 saturated heterocycles. The molecule has 182 valence electrons. The second-order valence-corrected chi connectivity index (χ2v) is 11.3. The van der Waals surface area contributed by atoms with Gasteiger partial charge < -0.3 is 14.4 Å². The summed E-state index contributed by atoms with van der Waals surface area (Å²) in [4.78, 5) is 19.2. The van der Waals surface area contributed by atoms with Gasteiger partial charge in [0.05, 0.1) is 23.9 Å². The third-order valence-electron chi connectivity index (χ3n) is 6.84. The lowest BCUT2D eigenvalue weighted by molar-refractivity contribution is -0.142. The predicted molar refractivity (Wildman–Crippen MR) is 141 cm³/mol. The Morgan fingerprint density at radius 3 is 2.94 bits per heavy atom. The van der Waals surface area contributed by atoms with E-state index in [9.17, 15) is 4.79 Å². The molecule has 1 fully saturated rings. The SMILES string of the molecule is COC(=O)C[C@H]1CN(CCSc2cccs2)CC[C@H]1CCCc1ccnc2ccc(OC)cc12. The first kappa shape index (κ1) is 25.0.